The quantitative estimate of drug-likeness (QED) is 0.406. The fraction of sp³-hybridized carbons (Fsp3) is 0.588. The summed E-state index contributed by atoms with van der Waals surface area (Å²) in [5.74, 6) is 1.16. The Kier molecular flexibility index (Phi) is 7.51. The van der Waals surface area contributed by atoms with Crippen molar-refractivity contribution in [2.75, 3.05) is 38.5 Å². The van der Waals surface area contributed by atoms with Crippen molar-refractivity contribution >= 4 is 40.0 Å². The average molecular weight is 478 g/mol. The fourth-order valence-corrected chi connectivity index (χ4v) is 4.83. The normalized spacial score (nSPS) is 20.0. The largest absolute Gasteiger partial charge is 0.357 e. The summed E-state index contributed by atoms with van der Waals surface area (Å²) < 4.78 is 25.3. The number of hydrogen-bond acceptors (Lipinski definition) is 3. The molecule has 1 aromatic rings. The fourth-order valence-electron chi connectivity index (χ4n) is 3.31. The Balaban J connectivity index is 0.00000225. The van der Waals surface area contributed by atoms with Gasteiger partial charge in [0.25, 0.3) is 0 Å². The number of hydrogen-bond donors (Lipinski definition) is 1. The van der Waals surface area contributed by atoms with Crippen molar-refractivity contribution in [1.29, 1.82) is 0 Å². The van der Waals surface area contributed by atoms with Gasteiger partial charge in [0.05, 0.1) is 12.3 Å². The van der Waals surface area contributed by atoms with Crippen LogP contribution in [0, 0.1) is 0 Å². The molecule has 2 aliphatic heterocycles. The Bertz CT molecular complexity index is 708. The summed E-state index contributed by atoms with van der Waals surface area (Å²) in [6, 6.07) is 8.52. The van der Waals surface area contributed by atoms with Crippen LogP contribution in [0.5, 0.6) is 0 Å². The second-order valence-corrected chi connectivity index (χ2v) is 8.33. The van der Waals surface area contributed by atoms with Crippen LogP contribution in [0.1, 0.15) is 24.5 Å². The number of rotatable bonds is 4. The molecule has 3 rings (SSSR count). The average Bonchev–Trinajstić information content (AvgIpc) is 2.92. The first-order valence-electron chi connectivity index (χ1n) is 8.68. The second-order valence-electron chi connectivity index (χ2n) is 6.24. The van der Waals surface area contributed by atoms with Crippen LogP contribution < -0.4 is 5.32 Å². The summed E-state index contributed by atoms with van der Waals surface area (Å²) in [6.45, 7) is 6.25. The van der Waals surface area contributed by atoms with Crippen LogP contribution in [0.15, 0.2) is 29.3 Å². The maximum atomic E-state index is 11.9. The lowest BCUT2D eigenvalue weighted by atomic mass is 10.0. The molecule has 0 aromatic heterocycles. The molecular weight excluding hydrogens is 451 g/mol. The summed E-state index contributed by atoms with van der Waals surface area (Å²) in [6.07, 6.45) is 1.75. The maximum Gasteiger partial charge on any atom is 0.214 e. The van der Waals surface area contributed by atoms with E-state index >= 15 is 0 Å². The van der Waals surface area contributed by atoms with Gasteiger partial charge in [0, 0.05) is 32.7 Å². The minimum absolute atomic E-state index is 0. The number of guanidine groups is 1. The van der Waals surface area contributed by atoms with Gasteiger partial charge in [-0.15, -0.1) is 24.0 Å². The van der Waals surface area contributed by atoms with E-state index in [2.05, 4.69) is 46.4 Å². The Morgan fingerprint density at radius 1 is 1.24 bits per heavy atom. The first kappa shape index (κ1) is 20.4. The van der Waals surface area contributed by atoms with E-state index in [-0.39, 0.29) is 29.7 Å². The third kappa shape index (κ3) is 5.07. The van der Waals surface area contributed by atoms with Crippen LogP contribution in [-0.4, -0.2) is 62.1 Å². The van der Waals surface area contributed by atoms with Gasteiger partial charge in [0.2, 0.25) is 10.0 Å². The zero-order valence-electron chi connectivity index (χ0n) is 14.6. The molecule has 1 saturated heterocycles. The first-order valence-corrected chi connectivity index (χ1v) is 10.3. The molecule has 8 heteroatoms. The topological polar surface area (TPSA) is 65.0 Å². The lowest BCUT2D eigenvalue weighted by molar-refractivity contribution is 0.377. The molecule has 0 unspecified atom stereocenters. The van der Waals surface area contributed by atoms with Crippen molar-refractivity contribution in [1.82, 2.24) is 14.5 Å². The van der Waals surface area contributed by atoms with Crippen LogP contribution in [0.3, 0.4) is 0 Å². The highest BCUT2D eigenvalue weighted by Crippen LogP contribution is 2.18. The number of nitrogens with zero attached hydrogens (tertiary/aromatic N) is 3. The highest BCUT2D eigenvalue weighted by molar-refractivity contribution is 14.0. The predicted octanol–water partition coefficient (Wildman–Crippen LogP) is 1.66. The number of benzene rings is 1. The number of aliphatic imine (C=N–C) groups is 1. The zero-order chi connectivity index (χ0) is 17.0. The van der Waals surface area contributed by atoms with E-state index in [0.29, 0.717) is 19.6 Å². The highest BCUT2D eigenvalue weighted by Gasteiger charge is 2.27. The van der Waals surface area contributed by atoms with Crippen molar-refractivity contribution in [3.8, 4) is 0 Å². The monoisotopic (exact) mass is 478 g/mol. The van der Waals surface area contributed by atoms with Gasteiger partial charge in [-0.25, -0.2) is 12.7 Å². The molecular formula is C17H27IN4O2S. The highest BCUT2D eigenvalue weighted by atomic mass is 127. The molecule has 1 fully saturated rings. The molecule has 0 aliphatic carbocycles. The van der Waals surface area contributed by atoms with E-state index in [9.17, 15) is 8.42 Å². The Morgan fingerprint density at radius 3 is 2.68 bits per heavy atom. The van der Waals surface area contributed by atoms with Crippen LogP contribution in [0.25, 0.3) is 0 Å². The van der Waals surface area contributed by atoms with Crippen molar-refractivity contribution in [2.45, 2.75) is 26.3 Å². The van der Waals surface area contributed by atoms with Gasteiger partial charge in [0.1, 0.15) is 0 Å². The summed E-state index contributed by atoms with van der Waals surface area (Å²) in [7, 11) is -3.03. The minimum atomic E-state index is -3.03. The molecule has 0 atom stereocenters. The molecule has 1 aromatic carbocycles. The van der Waals surface area contributed by atoms with Crippen LogP contribution in [-0.2, 0) is 23.0 Å². The smallest absolute Gasteiger partial charge is 0.214 e. The van der Waals surface area contributed by atoms with Gasteiger partial charge in [-0.1, -0.05) is 24.3 Å². The van der Waals surface area contributed by atoms with Gasteiger partial charge in [-0.05, 0) is 30.9 Å². The molecule has 0 amide bonds. The predicted molar refractivity (Wildman–Crippen MR) is 112 cm³/mol. The number of sulfonamides is 1. The number of nitrogens with one attached hydrogen (secondary N) is 1. The summed E-state index contributed by atoms with van der Waals surface area (Å²) >= 11 is 0. The van der Waals surface area contributed by atoms with Gasteiger partial charge >= 0.3 is 0 Å². The Morgan fingerprint density at radius 2 is 2.00 bits per heavy atom. The van der Waals surface area contributed by atoms with Gasteiger partial charge < -0.3 is 10.2 Å². The molecule has 2 heterocycles. The van der Waals surface area contributed by atoms with Crippen molar-refractivity contribution < 1.29 is 8.42 Å². The van der Waals surface area contributed by atoms with E-state index in [1.807, 2.05) is 0 Å². The lowest BCUT2D eigenvalue weighted by Crippen LogP contribution is -2.44. The van der Waals surface area contributed by atoms with Crippen LogP contribution in [0.2, 0.25) is 0 Å². The van der Waals surface area contributed by atoms with E-state index in [1.54, 1.807) is 4.31 Å². The maximum absolute atomic E-state index is 11.9. The van der Waals surface area contributed by atoms with E-state index in [0.717, 1.165) is 38.4 Å². The molecule has 0 radical (unpaired) electrons. The molecule has 0 spiro atoms. The zero-order valence-corrected chi connectivity index (χ0v) is 17.8. The third-order valence-electron chi connectivity index (χ3n) is 4.58. The molecule has 140 valence electrons. The van der Waals surface area contributed by atoms with Gasteiger partial charge in [-0.3, -0.25) is 4.99 Å². The summed E-state index contributed by atoms with van der Waals surface area (Å²) in [5.41, 5.74) is 2.75. The van der Waals surface area contributed by atoms with Gasteiger partial charge in [-0.2, -0.15) is 0 Å². The SMILES string of the molecule is CCNC(=NCCN1CCCS1(=O)=O)N1CCc2ccccc2C1.I. The van der Waals surface area contributed by atoms with Crippen molar-refractivity contribution in [3.05, 3.63) is 35.4 Å². The summed E-state index contributed by atoms with van der Waals surface area (Å²) in [4.78, 5) is 6.92. The molecule has 25 heavy (non-hydrogen) atoms. The van der Waals surface area contributed by atoms with E-state index in [4.69, 9.17) is 0 Å². The Labute approximate surface area is 167 Å². The molecule has 0 bridgehead atoms. The Hall–Kier alpha value is -0.870. The van der Waals surface area contributed by atoms with Gasteiger partial charge in [0.15, 0.2) is 5.96 Å². The third-order valence-corrected chi connectivity index (χ3v) is 6.54. The number of fused-ring (bicyclic) bond motifs is 1. The van der Waals surface area contributed by atoms with Crippen molar-refractivity contribution in [2.24, 2.45) is 4.99 Å². The van der Waals surface area contributed by atoms with E-state index < -0.39 is 10.0 Å². The number of halogens is 1. The molecule has 1 N–H and O–H groups in total. The first-order chi connectivity index (χ1) is 11.6. The minimum Gasteiger partial charge on any atom is -0.357 e. The molecule has 2 aliphatic rings. The van der Waals surface area contributed by atoms with E-state index in [1.165, 1.54) is 11.1 Å². The van der Waals surface area contributed by atoms with Crippen molar-refractivity contribution in [3.63, 3.8) is 0 Å². The second kappa shape index (κ2) is 9.18. The standard InChI is InChI=1S/C17H26N4O2S.HI/c1-2-18-17(19-9-12-21-10-5-13-24(21,22)23)20-11-8-15-6-3-4-7-16(15)14-20;/h3-4,6-7H,2,5,8-14H2,1H3,(H,18,19);1H. The van der Waals surface area contributed by atoms with Crippen LogP contribution in [0.4, 0.5) is 0 Å². The molecule has 6 nitrogen and oxygen atoms in total. The molecule has 0 saturated carbocycles. The lowest BCUT2D eigenvalue weighted by Gasteiger charge is -2.31. The van der Waals surface area contributed by atoms with Crippen LogP contribution >= 0.6 is 24.0 Å². The summed E-state index contributed by atoms with van der Waals surface area (Å²) in [5, 5.41) is 3.34.